The van der Waals surface area contributed by atoms with Crippen LogP contribution in [0.2, 0.25) is 0 Å². The number of rotatable bonds is 2. The van der Waals surface area contributed by atoms with Crippen molar-refractivity contribution >= 4 is 34.0 Å². The average molecular weight is 326 g/mol. The summed E-state index contributed by atoms with van der Waals surface area (Å²) in [5, 5.41) is 4.01. The van der Waals surface area contributed by atoms with Crippen LogP contribution < -0.4 is 4.90 Å². The van der Waals surface area contributed by atoms with E-state index in [-0.39, 0.29) is 6.03 Å². The first-order valence-corrected chi connectivity index (χ1v) is 8.66. The number of aromatic nitrogens is 2. The van der Waals surface area contributed by atoms with Crippen LogP contribution in [0.15, 0.2) is 35.8 Å². The van der Waals surface area contributed by atoms with Gasteiger partial charge in [0.15, 0.2) is 0 Å². The van der Waals surface area contributed by atoms with E-state index in [1.807, 2.05) is 29.5 Å². The summed E-state index contributed by atoms with van der Waals surface area (Å²) >= 11 is 1.60. The number of amides is 2. The molecule has 6 heteroatoms. The number of H-pyrrole nitrogens is 1. The first-order valence-electron chi connectivity index (χ1n) is 7.78. The first kappa shape index (κ1) is 14.3. The second-order valence-electron chi connectivity index (χ2n) is 5.80. The third-order valence-electron chi connectivity index (χ3n) is 4.32. The second kappa shape index (κ2) is 5.70. The molecule has 1 fully saturated rings. The number of para-hydroxylation sites is 1. The molecule has 0 unspecified atom stereocenters. The Bertz CT molecular complexity index is 834. The molecule has 1 aliphatic heterocycles. The fourth-order valence-corrected chi connectivity index (χ4v) is 3.72. The standard InChI is InChI=1S/C17H18N4OS/c1-20(17(22)21-8-2-3-9-21)14-6-4-5-12-11-13(19-15(12)14)16-18-7-10-23-16/h4-7,10-11,19H,2-3,8-9H2,1H3. The van der Waals surface area contributed by atoms with Crippen LogP contribution in [0.25, 0.3) is 21.6 Å². The van der Waals surface area contributed by atoms with E-state index in [2.05, 4.69) is 22.1 Å². The quantitative estimate of drug-likeness (QED) is 0.775. The van der Waals surface area contributed by atoms with Gasteiger partial charge in [0, 0.05) is 37.1 Å². The molecule has 1 aliphatic rings. The second-order valence-corrected chi connectivity index (χ2v) is 6.69. The predicted molar refractivity (Wildman–Crippen MR) is 94.0 cm³/mol. The Hall–Kier alpha value is -2.34. The monoisotopic (exact) mass is 326 g/mol. The van der Waals surface area contributed by atoms with Crippen molar-refractivity contribution in [1.82, 2.24) is 14.9 Å². The molecule has 2 amide bonds. The molecule has 3 aromatic rings. The molecule has 1 saturated heterocycles. The van der Waals surface area contributed by atoms with Crippen LogP contribution in [-0.2, 0) is 0 Å². The molecule has 118 valence electrons. The van der Waals surface area contributed by atoms with Crippen LogP contribution in [0.5, 0.6) is 0 Å². The highest BCUT2D eigenvalue weighted by molar-refractivity contribution is 7.13. The number of aromatic amines is 1. The number of thiazole rings is 1. The lowest BCUT2D eigenvalue weighted by atomic mass is 10.2. The van der Waals surface area contributed by atoms with Crippen molar-refractivity contribution in [2.75, 3.05) is 25.0 Å². The van der Waals surface area contributed by atoms with Gasteiger partial charge in [0.05, 0.1) is 16.9 Å². The van der Waals surface area contributed by atoms with Crippen LogP contribution in [0.1, 0.15) is 12.8 Å². The molecule has 0 aliphatic carbocycles. The van der Waals surface area contributed by atoms with Gasteiger partial charge in [-0.2, -0.15) is 0 Å². The molecule has 4 rings (SSSR count). The average Bonchev–Trinajstić information content (AvgIpc) is 3.33. The van der Waals surface area contributed by atoms with E-state index in [1.54, 1.807) is 22.4 Å². The molecule has 0 atom stereocenters. The predicted octanol–water partition coefficient (Wildman–Crippen LogP) is 3.94. The third kappa shape index (κ3) is 2.49. The van der Waals surface area contributed by atoms with Gasteiger partial charge in [0.2, 0.25) is 0 Å². The molecule has 0 radical (unpaired) electrons. The summed E-state index contributed by atoms with van der Waals surface area (Å²) in [6.45, 7) is 1.71. The highest BCUT2D eigenvalue weighted by Gasteiger charge is 2.23. The summed E-state index contributed by atoms with van der Waals surface area (Å²) < 4.78 is 0. The van der Waals surface area contributed by atoms with Gasteiger partial charge in [-0.15, -0.1) is 11.3 Å². The van der Waals surface area contributed by atoms with Gasteiger partial charge in [-0.25, -0.2) is 9.78 Å². The number of carbonyl (C=O) groups excluding carboxylic acids is 1. The van der Waals surface area contributed by atoms with Crippen molar-refractivity contribution in [2.24, 2.45) is 0 Å². The number of anilines is 1. The molecule has 23 heavy (non-hydrogen) atoms. The van der Waals surface area contributed by atoms with Gasteiger partial charge >= 0.3 is 6.03 Å². The zero-order chi connectivity index (χ0) is 15.8. The minimum atomic E-state index is 0.0698. The van der Waals surface area contributed by atoms with E-state index >= 15 is 0 Å². The number of nitrogens with one attached hydrogen (secondary N) is 1. The van der Waals surface area contributed by atoms with Gasteiger partial charge < -0.3 is 9.88 Å². The zero-order valence-electron chi connectivity index (χ0n) is 13.0. The Morgan fingerprint density at radius 3 is 2.91 bits per heavy atom. The number of carbonyl (C=O) groups is 1. The normalized spacial score (nSPS) is 14.6. The minimum absolute atomic E-state index is 0.0698. The lowest BCUT2D eigenvalue weighted by molar-refractivity contribution is 0.217. The largest absolute Gasteiger partial charge is 0.351 e. The summed E-state index contributed by atoms with van der Waals surface area (Å²) in [5.41, 5.74) is 2.87. The van der Waals surface area contributed by atoms with Crippen molar-refractivity contribution in [3.05, 3.63) is 35.8 Å². The number of hydrogen-bond acceptors (Lipinski definition) is 3. The highest BCUT2D eigenvalue weighted by atomic mass is 32.1. The van der Waals surface area contributed by atoms with Gasteiger partial charge in [0.1, 0.15) is 5.01 Å². The molecular formula is C17H18N4OS. The maximum absolute atomic E-state index is 12.7. The number of hydrogen-bond donors (Lipinski definition) is 1. The van der Waals surface area contributed by atoms with Crippen LogP contribution >= 0.6 is 11.3 Å². The van der Waals surface area contributed by atoms with Crippen LogP contribution in [0.4, 0.5) is 10.5 Å². The lowest BCUT2D eigenvalue weighted by Crippen LogP contribution is -2.39. The van der Waals surface area contributed by atoms with Crippen molar-refractivity contribution in [1.29, 1.82) is 0 Å². The molecule has 1 N–H and O–H groups in total. The Kier molecular flexibility index (Phi) is 3.53. The van der Waals surface area contributed by atoms with Crippen molar-refractivity contribution in [2.45, 2.75) is 12.8 Å². The van der Waals surface area contributed by atoms with Crippen molar-refractivity contribution in [3.63, 3.8) is 0 Å². The SMILES string of the molecule is CN(C(=O)N1CCCC1)c1cccc2cc(-c3nccs3)[nH]c12. The van der Waals surface area contributed by atoms with E-state index in [9.17, 15) is 4.79 Å². The topological polar surface area (TPSA) is 52.2 Å². The molecule has 0 spiro atoms. The van der Waals surface area contributed by atoms with E-state index in [4.69, 9.17) is 0 Å². The Morgan fingerprint density at radius 1 is 1.35 bits per heavy atom. The Balaban J connectivity index is 1.73. The fourth-order valence-electron chi connectivity index (χ4n) is 3.11. The first-order chi connectivity index (χ1) is 11.2. The lowest BCUT2D eigenvalue weighted by Gasteiger charge is -2.24. The summed E-state index contributed by atoms with van der Waals surface area (Å²) in [6, 6.07) is 8.19. The Labute approximate surface area is 138 Å². The van der Waals surface area contributed by atoms with E-state index in [0.717, 1.165) is 53.2 Å². The number of fused-ring (bicyclic) bond motifs is 1. The van der Waals surface area contributed by atoms with Gasteiger partial charge in [-0.1, -0.05) is 12.1 Å². The highest BCUT2D eigenvalue weighted by Crippen LogP contribution is 2.31. The summed E-state index contributed by atoms with van der Waals surface area (Å²) in [6.07, 6.45) is 4.00. The van der Waals surface area contributed by atoms with Crippen LogP contribution in [-0.4, -0.2) is 41.0 Å². The number of likely N-dealkylation sites (tertiary alicyclic amines) is 1. The molecule has 0 saturated carbocycles. The van der Waals surface area contributed by atoms with Gasteiger partial charge in [0.25, 0.3) is 0 Å². The minimum Gasteiger partial charge on any atom is -0.351 e. The maximum Gasteiger partial charge on any atom is 0.324 e. The van der Waals surface area contributed by atoms with Gasteiger partial charge in [-0.3, -0.25) is 4.90 Å². The maximum atomic E-state index is 12.7. The van der Waals surface area contributed by atoms with Crippen molar-refractivity contribution in [3.8, 4) is 10.7 Å². The summed E-state index contributed by atoms with van der Waals surface area (Å²) in [4.78, 5) is 24.1. The Morgan fingerprint density at radius 2 is 2.17 bits per heavy atom. The smallest absolute Gasteiger partial charge is 0.324 e. The molecule has 0 bridgehead atoms. The molecule has 1 aromatic carbocycles. The molecule has 5 nitrogen and oxygen atoms in total. The molecular weight excluding hydrogens is 308 g/mol. The number of benzene rings is 1. The molecule has 2 aromatic heterocycles. The van der Waals surface area contributed by atoms with Crippen LogP contribution in [0, 0.1) is 0 Å². The number of urea groups is 1. The number of nitrogens with zero attached hydrogens (tertiary/aromatic N) is 3. The van der Waals surface area contributed by atoms with E-state index < -0.39 is 0 Å². The third-order valence-corrected chi connectivity index (χ3v) is 5.13. The summed E-state index contributed by atoms with van der Waals surface area (Å²) in [7, 11) is 1.85. The summed E-state index contributed by atoms with van der Waals surface area (Å²) in [5.74, 6) is 0. The van der Waals surface area contributed by atoms with Crippen LogP contribution in [0.3, 0.4) is 0 Å². The fraction of sp³-hybridized carbons (Fsp3) is 0.294. The zero-order valence-corrected chi connectivity index (χ0v) is 13.8. The van der Waals surface area contributed by atoms with E-state index in [1.165, 1.54) is 0 Å². The van der Waals surface area contributed by atoms with Gasteiger partial charge in [-0.05, 0) is 25.0 Å². The molecule has 3 heterocycles. The van der Waals surface area contributed by atoms with E-state index in [0.29, 0.717) is 0 Å². The van der Waals surface area contributed by atoms with Crippen molar-refractivity contribution < 1.29 is 4.79 Å².